The molecule has 0 fully saturated rings. The number of pyridine rings is 1. The van der Waals surface area contributed by atoms with Crippen LogP contribution in [0.2, 0.25) is 0 Å². The second-order valence-electron chi connectivity index (χ2n) is 4.42. The number of rotatable bonds is 3. The average Bonchev–Trinajstić information content (AvgIpc) is 2.82. The molecule has 1 aromatic carbocycles. The second kappa shape index (κ2) is 4.53. The standard InChI is InChI=1S/C15H15N3/c1-12-5-7-14(8-6-12)16-10-13-11-17-18-9-3-2-4-15(13)18/h2-9,11,16H,10H2,1H3. The van der Waals surface area contributed by atoms with E-state index in [0.29, 0.717) is 0 Å². The van der Waals surface area contributed by atoms with Gasteiger partial charge in [0, 0.05) is 24.0 Å². The van der Waals surface area contributed by atoms with Gasteiger partial charge in [-0.3, -0.25) is 0 Å². The van der Waals surface area contributed by atoms with E-state index in [1.54, 1.807) is 0 Å². The monoisotopic (exact) mass is 237 g/mol. The minimum atomic E-state index is 0.788. The summed E-state index contributed by atoms with van der Waals surface area (Å²) < 4.78 is 1.89. The highest BCUT2D eigenvalue weighted by molar-refractivity contribution is 5.55. The Morgan fingerprint density at radius 3 is 2.78 bits per heavy atom. The molecule has 0 atom stereocenters. The van der Waals surface area contributed by atoms with Crippen molar-refractivity contribution in [1.29, 1.82) is 0 Å². The number of aromatic nitrogens is 2. The second-order valence-corrected chi connectivity index (χ2v) is 4.42. The van der Waals surface area contributed by atoms with Crippen LogP contribution < -0.4 is 5.32 Å². The molecule has 0 aliphatic carbocycles. The van der Waals surface area contributed by atoms with Crippen LogP contribution >= 0.6 is 0 Å². The zero-order chi connectivity index (χ0) is 12.4. The van der Waals surface area contributed by atoms with E-state index in [1.165, 1.54) is 11.1 Å². The van der Waals surface area contributed by atoms with Crippen molar-refractivity contribution in [2.45, 2.75) is 13.5 Å². The molecule has 0 amide bonds. The maximum Gasteiger partial charge on any atom is 0.0711 e. The molecule has 3 heteroatoms. The van der Waals surface area contributed by atoms with Gasteiger partial charge in [0.2, 0.25) is 0 Å². The van der Waals surface area contributed by atoms with Crippen molar-refractivity contribution in [2.75, 3.05) is 5.32 Å². The van der Waals surface area contributed by atoms with E-state index in [-0.39, 0.29) is 0 Å². The summed E-state index contributed by atoms with van der Waals surface area (Å²) in [4.78, 5) is 0. The van der Waals surface area contributed by atoms with Gasteiger partial charge in [0.25, 0.3) is 0 Å². The lowest BCUT2D eigenvalue weighted by molar-refractivity contribution is 0.961. The van der Waals surface area contributed by atoms with Crippen molar-refractivity contribution in [3.05, 3.63) is 66.0 Å². The molecule has 1 N–H and O–H groups in total. The van der Waals surface area contributed by atoms with E-state index in [2.05, 4.69) is 47.7 Å². The van der Waals surface area contributed by atoms with Crippen LogP contribution in [-0.2, 0) is 6.54 Å². The van der Waals surface area contributed by atoms with Gasteiger partial charge >= 0.3 is 0 Å². The van der Waals surface area contributed by atoms with E-state index >= 15 is 0 Å². The third kappa shape index (κ3) is 2.07. The first kappa shape index (κ1) is 10.8. The van der Waals surface area contributed by atoms with E-state index in [4.69, 9.17) is 0 Å². The highest BCUT2D eigenvalue weighted by Gasteiger charge is 2.02. The molecule has 0 saturated carbocycles. The smallest absolute Gasteiger partial charge is 0.0711 e. The fourth-order valence-electron chi connectivity index (χ4n) is 1.99. The first-order valence-corrected chi connectivity index (χ1v) is 6.05. The van der Waals surface area contributed by atoms with Crippen LogP contribution in [0.3, 0.4) is 0 Å². The Bertz CT molecular complexity index is 653. The fourth-order valence-corrected chi connectivity index (χ4v) is 1.99. The maximum absolute atomic E-state index is 4.32. The normalized spacial score (nSPS) is 10.7. The summed E-state index contributed by atoms with van der Waals surface area (Å²) in [5.41, 5.74) is 4.76. The highest BCUT2D eigenvalue weighted by atomic mass is 15.2. The highest BCUT2D eigenvalue weighted by Crippen LogP contribution is 2.14. The Labute approximate surface area is 106 Å². The summed E-state index contributed by atoms with van der Waals surface area (Å²) >= 11 is 0. The quantitative estimate of drug-likeness (QED) is 0.757. The third-order valence-electron chi connectivity index (χ3n) is 3.04. The van der Waals surface area contributed by atoms with E-state index in [9.17, 15) is 0 Å². The first-order valence-electron chi connectivity index (χ1n) is 6.05. The molecule has 2 aromatic heterocycles. The van der Waals surface area contributed by atoms with Crippen molar-refractivity contribution in [3.63, 3.8) is 0 Å². The van der Waals surface area contributed by atoms with Crippen LogP contribution in [0, 0.1) is 6.92 Å². The van der Waals surface area contributed by atoms with Gasteiger partial charge in [0.1, 0.15) is 0 Å². The largest absolute Gasteiger partial charge is 0.381 e. The Kier molecular flexibility index (Phi) is 2.73. The lowest BCUT2D eigenvalue weighted by Gasteiger charge is -2.05. The van der Waals surface area contributed by atoms with E-state index < -0.39 is 0 Å². The molecule has 3 aromatic rings. The maximum atomic E-state index is 4.32. The Morgan fingerprint density at radius 2 is 1.94 bits per heavy atom. The predicted molar refractivity (Wildman–Crippen MR) is 73.7 cm³/mol. The van der Waals surface area contributed by atoms with Crippen LogP contribution in [0.25, 0.3) is 5.52 Å². The van der Waals surface area contributed by atoms with Crippen molar-refractivity contribution >= 4 is 11.2 Å². The molecular formula is C15H15N3. The van der Waals surface area contributed by atoms with Crippen molar-refractivity contribution in [3.8, 4) is 0 Å². The summed E-state index contributed by atoms with van der Waals surface area (Å²) in [6.07, 6.45) is 3.88. The molecule has 0 unspecified atom stereocenters. The Morgan fingerprint density at radius 1 is 1.11 bits per heavy atom. The minimum absolute atomic E-state index is 0.788. The van der Waals surface area contributed by atoms with Gasteiger partial charge in [0.15, 0.2) is 0 Å². The number of nitrogens with zero attached hydrogens (tertiary/aromatic N) is 2. The molecule has 0 aliphatic heterocycles. The summed E-state index contributed by atoms with van der Waals surface area (Å²) in [5.74, 6) is 0. The number of anilines is 1. The number of nitrogens with one attached hydrogen (secondary N) is 1. The topological polar surface area (TPSA) is 29.3 Å². The summed E-state index contributed by atoms with van der Waals surface area (Å²) in [7, 11) is 0. The first-order chi connectivity index (χ1) is 8.83. The van der Waals surface area contributed by atoms with Crippen molar-refractivity contribution in [1.82, 2.24) is 9.61 Å². The average molecular weight is 237 g/mol. The van der Waals surface area contributed by atoms with Gasteiger partial charge in [-0.2, -0.15) is 5.10 Å². The Hall–Kier alpha value is -2.29. The van der Waals surface area contributed by atoms with Crippen LogP contribution in [-0.4, -0.2) is 9.61 Å². The van der Waals surface area contributed by atoms with Gasteiger partial charge in [-0.25, -0.2) is 4.52 Å². The van der Waals surface area contributed by atoms with Crippen molar-refractivity contribution < 1.29 is 0 Å². The lowest BCUT2D eigenvalue weighted by Crippen LogP contribution is -1.98. The van der Waals surface area contributed by atoms with Crippen molar-refractivity contribution in [2.24, 2.45) is 0 Å². The van der Waals surface area contributed by atoms with Crippen LogP contribution in [0.1, 0.15) is 11.1 Å². The van der Waals surface area contributed by atoms with Crippen LogP contribution in [0.5, 0.6) is 0 Å². The van der Waals surface area contributed by atoms with Gasteiger partial charge in [-0.1, -0.05) is 23.8 Å². The lowest BCUT2D eigenvalue weighted by atomic mass is 10.2. The number of hydrogen-bond donors (Lipinski definition) is 1. The molecule has 3 nitrogen and oxygen atoms in total. The molecule has 0 aliphatic rings. The SMILES string of the molecule is Cc1ccc(NCc2cnn3ccccc23)cc1. The molecule has 90 valence electrons. The summed E-state index contributed by atoms with van der Waals surface area (Å²) in [5, 5.41) is 7.73. The number of benzene rings is 1. The molecule has 3 rings (SSSR count). The summed E-state index contributed by atoms with van der Waals surface area (Å²) in [6, 6.07) is 14.5. The Balaban J connectivity index is 1.79. The summed E-state index contributed by atoms with van der Waals surface area (Å²) in [6.45, 7) is 2.88. The third-order valence-corrected chi connectivity index (χ3v) is 3.04. The van der Waals surface area contributed by atoms with E-state index in [1.807, 2.05) is 29.0 Å². The van der Waals surface area contributed by atoms with Crippen LogP contribution in [0.4, 0.5) is 5.69 Å². The molecule has 18 heavy (non-hydrogen) atoms. The zero-order valence-corrected chi connectivity index (χ0v) is 10.3. The molecule has 0 radical (unpaired) electrons. The molecule has 2 heterocycles. The predicted octanol–water partition coefficient (Wildman–Crippen LogP) is 3.25. The molecule has 0 saturated heterocycles. The molecule has 0 spiro atoms. The van der Waals surface area contributed by atoms with Gasteiger partial charge < -0.3 is 5.32 Å². The zero-order valence-electron chi connectivity index (χ0n) is 10.3. The number of hydrogen-bond acceptors (Lipinski definition) is 2. The number of aryl methyl sites for hydroxylation is 1. The van der Waals surface area contributed by atoms with Gasteiger partial charge in [-0.05, 0) is 31.2 Å². The molecular weight excluding hydrogens is 222 g/mol. The van der Waals surface area contributed by atoms with Gasteiger partial charge in [-0.15, -0.1) is 0 Å². The van der Waals surface area contributed by atoms with Crippen LogP contribution in [0.15, 0.2) is 54.9 Å². The minimum Gasteiger partial charge on any atom is -0.381 e. The molecule has 0 bridgehead atoms. The van der Waals surface area contributed by atoms with E-state index in [0.717, 1.165) is 17.7 Å². The number of fused-ring (bicyclic) bond motifs is 1. The van der Waals surface area contributed by atoms with Gasteiger partial charge in [0.05, 0.1) is 11.7 Å². The fraction of sp³-hybridized carbons (Fsp3) is 0.133.